The van der Waals surface area contributed by atoms with Gasteiger partial charge in [0.2, 0.25) is 0 Å². The molecule has 0 bridgehead atoms. The van der Waals surface area contributed by atoms with Gasteiger partial charge in [-0.15, -0.1) is 0 Å². The molecule has 0 amide bonds. The summed E-state index contributed by atoms with van der Waals surface area (Å²) in [6.45, 7) is 36.4. The average molecular weight is 464 g/mol. The molecule has 1 aromatic carbocycles. The van der Waals surface area contributed by atoms with Gasteiger partial charge in [0, 0.05) is 0 Å². The van der Waals surface area contributed by atoms with E-state index in [0.29, 0.717) is 34.9 Å². The van der Waals surface area contributed by atoms with E-state index in [1.807, 2.05) is 0 Å². The molecule has 2 rings (SSSR count). The van der Waals surface area contributed by atoms with Gasteiger partial charge in [0.25, 0.3) is 0 Å². The van der Waals surface area contributed by atoms with Crippen molar-refractivity contribution in [1.29, 1.82) is 0 Å². The molecular formula is C28H48Se. The van der Waals surface area contributed by atoms with Crippen molar-refractivity contribution < 1.29 is 0 Å². The van der Waals surface area contributed by atoms with E-state index >= 15 is 0 Å². The van der Waals surface area contributed by atoms with E-state index in [-0.39, 0.29) is 16.2 Å². The Labute approximate surface area is 189 Å². The van der Waals surface area contributed by atoms with Crippen LogP contribution < -0.4 is 0 Å². The third-order valence-electron chi connectivity index (χ3n) is 6.77. The third kappa shape index (κ3) is 4.38. The molecule has 0 aliphatic carbocycles. The van der Waals surface area contributed by atoms with Crippen molar-refractivity contribution in [2.24, 2.45) is 10.8 Å². The second-order valence-corrected chi connectivity index (χ2v) is 17.3. The first-order valence-electron chi connectivity index (χ1n) is 11.4. The molecule has 1 saturated heterocycles. The second-order valence-electron chi connectivity index (χ2n) is 14.5. The summed E-state index contributed by atoms with van der Waals surface area (Å²) in [5, 5.41) is 0. The first kappa shape index (κ1) is 25.0. The minimum atomic E-state index is 0.150. The number of hydrogen-bond acceptors (Lipinski definition) is 0. The predicted molar refractivity (Wildman–Crippen MR) is 133 cm³/mol. The average Bonchev–Trinajstić information content (AvgIpc) is 3.18. The molecule has 1 atom stereocenters. The Bertz CT molecular complexity index is 712. The second kappa shape index (κ2) is 6.87. The van der Waals surface area contributed by atoms with Crippen molar-refractivity contribution in [3.8, 4) is 0 Å². The Morgan fingerprint density at radius 1 is 0.586 bits per heavy atom. The maximum atomic E-state index is 2.56. The third-order valence-corrected chi connectivity index (χ3v) is 11.8. The topological polar surface area (TPSA) is 0 Å². The van der Waals surface area contributed by atoms with E-state index < -0.39 is 0 Å². The summed E-state index contributed by atoms with van der Waals surface area (Å²) in [5.74, 6) is 0. The molecule has 0 nitrogen and oxygen atoms in total. The molecule has 0 saturated carbocycles. The van der Waals surface area contributed by atoms with E-state index in [4.69, 9.17) is 0 Å². The van der Waals surface area contributed by atoms with Crippen molar-refractivity contribution in [2.45, 2.75) is 129 Å². The molecule has 0 aromatic heterocycles. The van der Waals surface area contributed by atoms with Gasteiger partial charge in [0.05, 0.1) is 0 Å². The number of benzene rings is 1. The van der Waals surface area contributed by atoms with Crippen LogP contribution in [0.3, 0.4) is 0 Å². The first-order chi connectivity index (χ1) is 12.5. The van der Waals surface area contributed by atoms with Gasteiger partial charge in [-0.2, -0.15) is 0 Å². The van der Waals surface area contributed by atoms with Gasteiger partial charge < -0.3 is 0 Å². The van der Waals surface area contributed by atoms with Crippen LogP contribution in [0, 0.1) is 10.8 Å². The van der Waals surface area contributed by atoms with Crippen molar-refractivity contribution >= 4 is 15.0 Å². The van der Waals surface area contributed by atoms with E-state index in [1.165, 1.54) is 5.56 Å². The van der Waals surface area contributed by atoms with Gasteiger partial charge in [-0.25, -0.2) is 0 Å². The zero-order chi connectivity index (χ0) is 23.0. The molecule has 1 heterocycles. The minimum absolute atomic E-state index is 0.150. The summed E-state index contributed by atoms with van der Waals surface area (Å²) in [6, 6.07) is 5.13. The number of hydrogen-bond donors (Lipinski definition) is 0. The zero-order valence-electron chi connectivity index (χ0n) is 22.1. The summed E-state index contributed by atoms with van der Waals surface area (Å²) in [6.07, 6.45) is 0. The molecule has 1 aliphatic rings. The van der Waals surface area contributed by atoms with Crippen LogP contribution in [0.2, 0.25) is 4.31 Å². The van der Waals surface area contributed by atoms with Crippen molar-refractivity contribution in [3.05, 3.63) is 34.4 Å². The Morgan fingerprint density at radius 2 is 0.931 bits per heavy atom. The van der Waals surface area contributed by atoms with Crippen LogP contribution in [0.25, 0.3) is 0 Å². The Hall–Kier alpha value is -0.261. The molecular weight excluding hydrogens is 415 g/mol. The SMILES string of the molecule is CC(C)(C)c1cc(C(C)(C)C)c(C2[Se]C2(C(C)(C)C)C(C)(C)C)c(C(C)(C)C)c1. The summed E-state index contributed by atoms with van der Waals surface area (Å²) >= 11 is 0.618. The van der Waals surface area contributed by atoms with Gasteiger partial charge in [0.15, 0.2) is 0 Å². The Kier molecular flexibility index (Phi) is 5.92. The normalized spacial score (nSPS) is 20.7. The Morgan fingerprint density at radius 3 is 1.14 bits per heavy atom. The molecule has 1 unspecified atom stereocenters. The molecule has 0 radical (unpaired) electrons. The predicted octanol–water partition coefficient (Wildman–Crippen LogP) is 8.59. The first-order valence-corrected chi connectivity index (χ1v) is 13.3. The molecule has 29 heavy (non-hydrogen) atoms. The molecule has 1 heteroatoms. The maximum absolute atomic E-state index is 2.56. The van der Waals surface area contributed by atoms with Crippen molar-refractivity contribution in [3.63, 3.8) is 0 Å². The van der Waals surface area contributed by atoms with Gasteiger partial charge >= 0.3 is 189 Å². The van der Waals surface area contributed by atoms with E-state index in [9.17, 15) is 0 Å². The van der Waals surface area contributed by atoms with Crippen LogP contribution in [0.5, 0.6) is 0 Å². The van der Waals surface area contributed by atoms with E-state index in [0.717, 1.165) is 0 Å². The van der Waals surface area contributed by atoms with Crippen LogP contribution in [0.15, 0.2) is 12.1 Å². The van der Waals surface area contributed by atoms with Gasteiger partial charge in [-0.1, -0.05) is 0 Å². The quantitative estimate of drug-likeness (QED) is 0.366. The number of rotatable bonds is 1. The zero-order valence-corrected chi connectivity index (χ0v) is 23.9. The summed E-state index contributed by atoms with van der Waals surface area (Å²) in [7, 11) is 0. The standard InChI is InChI=1S/C28H48Se/c1-23(2,3)18-16-19(24(4,5)6)21(20(17-18)25(7,8)9)22-28(29-22,26(10,11)12)27(13,14)15/h16-17,22H,1-15H3. The van der Waals surface area contributed by atoms with Crippen LogP contribution in [0.1, 0.15) is 131 Å². The Balaban J connectivity index is 2.92. The van der Waals surface area contributed by atoms with E-state index in [2.05, 4.69) is 116 Å². The fourth-order valence-electron chi connectivity index (χ4n) is 5.29. The monoisotopic (exact) mass is 464 g/mol. The molecule has 1 aliphatic heterocycles. The fraction of sp³-hybridized carbons (Fsp3) is 0.786. The van der Waals surface area contributed by atoms with Gasteiger partial charge in [-0.3, -0.25) is 0 Å². The van der Waals surface area contributed by atoms with Crippen LogP contribution in [-0.4, -0.2) is 15.0 Å². The van der Waals surface area contributed by atoms with E-state index in [1.54, 1.807) is 16.7 Å². The van der Waals surface area contributed by atoms with Crippen LogP contribution in [-0.2, 0) is 16.2 Å². The molecule has 1 aromatic rings. The summed E-state index contributed by atoms with van der Waals surface area (Å²) < 4.78 is 0.399. The van der Waals surface area contributed by atoms with Crippen molar-refractivity contribution in [2.75, 3.05) is 0 Å². The molecule has 1 fully saturated rings. The van der Waals surface area contributed by atoms with Gasteiger partial charge in [-0.05, 0) is 0 Å². The molecule has 166 valence electrons. The van der Waals surface area contributed by atoms with Crippen LogP contribution in [0.4, 0.5) is 0 Å². The van der Waals surface area contributed by atoms with Gasteiger partial charge in [0.1, 0.15) is 0 Å². The van der Waals surface area contributed by atoms with Crippen LogP contribution >= 0.6 is 0 Å². The summed E-state index contributed by atoms with van der Waals surface area (Å²) in [4.78, 5) is 0.701. The molecule has 0 spiro atoms. The molecule has 0 N–H and O–H groups in total. The summed E-state index contributed by atoms with van der Waals surface area (Å²) in [5.41, 5.74) is 7.45. The van der Waals surface area contributed by atoms with Crippen molar-refractivity contribution in [1.82, 2.24) is 0 Å². The fourth-order valence-corrected chi connectivity index (χ4v) is 9.92.